The summed E-state index contributed by atoms with van der Waals surface area (Å²) in [6.07, 6.45) is 0. The number of hydrogen-bond acceptors (Lipinski definition) is 1. The first-order valence-corrected chi connectivity index (χ1v) is 25.0. The number of nitrogens with zero attached hydrogens (tertiary/aromatic N) is 1. The van der Waals surface area contributed by atoms with Crippen LogP contribution in [0.4, 0.5) is 17.1 Å². The average molecular weight is 914 g/mol. The molecule has 1 heteroatoms. The zero-order valence-electron chi connectivity index (χ0n) is 39.6. The molecule has 0 radical (unpaired) electrons. The van der Waals surface area contributed by atoms with Crippen LogP contribution in [0.1, 0.15) is 22.3 Å². The Morgan fingerprint density at radius 2 is 0.569 bits per heavy atom. The molecule has 0 unspecified atom stereocenters. The van der Waals surface area contributed by atoms with E-state index in [1.54, 1.807) is 0 Å². The van der Waals surface area contributed by atoms with Gasteiger partial charge in [0.25, 0.3) is 0 Å². The van der Waals surface area contributed by atoms with E-state index in [9.17, 15) is 0 Å². The van der Waals surface area contributed by atoms with E-state index >= 15 is 0 Å². The second-order valence-corrected chi connectivity index (χ2v) is 19.1. The molecule has 0 spiro atoms. The van der Waals surface area contributed by atoms with Crippen molar-refractivity contribution in [1.82, 2.24) is 0 Å². The van der Waals surface area contributed by atoms with Crippen molar-refractivity contribution in [2.75, 3.05) is 4.90 Å². The quantitative estimate of drug-likeness (QED) is 0.147. The van der Waals surface area contributed by atoms with E-state index in [0.29, 0.717) is 0 Å². The third-order valence-corrected chi connectivity index (χ3v) is 15.3. The van der Waals surface area contributed by atoms with Gasteiger partial charge in [0, 0.05) is 16.9 Å². The van der Waals surface area contributed by atoms with Crippen LogP contribution in [-0.4, -0.2) is 0 Å². The van der Waals surface area contributed by atoms with Crippen LogP contribution >= 0.6 is 0 Å². The fraction of sp³-hybridized carbons (Fsp3) is 0.0141. The molecule has 14 rings (SSSR count). The van der Waals surface area contributed by atoms with Crippen LogP contribution in [0.2, 0.25) is 0 Å². The molecule has 1 nitrogen and oxygen atoms in total. The summed E-state index contributed by atoms with van der Waals surface area (Å²) in [5.74, 6) is 0. The predicted octanol–water partition coefficient (Wildman–Crippen LogP) is 19.1. The van der Waals surface area contributed by atoms with Crippen molar-refractivity contribution < 1.29 is 0 Å². The first kappa shape index (κ1) is 41.7. The van der Waals surface area contributed by atoms with E-state index < -0.39 is 5.41 Å². The van der Waals surface area contributed by atoms with Gasteiger partial charge in [-0.15, -0.1) is 0 Å². The molecule has 1 aliphatic rings. The highest BCUT2D eigenvalue weighted by Crippen LogP contribution is 2.61. The smallest absolute Gasteiger partial charge is 0.0725 e. The second kappa shape index (κ2) is 17.0. The summed E-state index contributed by atoms with van der Waals surface area (Å²) in [7, 11) is 0. The Kier molecular flexibility index (Phi) is 9.82. The van der Waals surface area contributed by atoms with Crippen LogP contribution in [0.5, 0.6) is 0 Å². The van der Waals surface area contributed by atoms with Crippen molar-refractivity contribution in [1.29, 1.82) is 0 Å². The first-order chi connectivity index (χ1) is 35.7. The molecule has 0 aliphatic heterocycles. The molecule has 0 fully saturated rings. The van der Waals surface area contributed by atoms with Gasteiger partial charge < -0.3 is 4.90 Å². The van der Waals surface area contributed by atoms with E-state index in [1.807, 2.05) is 0 Å². The first-order valence-electron chi connectivity index (χ1n) is 25.0. The highest BCUT2D eigenvalue weighted by molar-refractivity contribution is 6.05. The van der Waals surface area contributed by atoms with Gasteiger partial charge in [0.2, 0.25) is 0 Å². The maximum Gasteiger partial charge on any atom is 0.0725 e. The fourth-order valence-corrected chi connectivity index (χ4v) is 12.2. The molecule has 1 aliphatic carbocycles. The zero-order chi connectivity index (χ0) is 47.6. The molecule has 0 atom stereocenters. The minimum absolute atomic E-state index is 0.632. The van der Waals surface area contributed by atoms with Gasteiger partial charge in [0.05, 0.1) is 11.1 Å². The van der Waals surface area contributed by atoms with Crippen molar-refractivity contribution in [3.8, 4) is 44.5 Å². The van der Waals surface area contributed by atoms with Crippen molar-refractivity contribution in [2.24, 2.45) is 0 Å². The number of benzene rings is 13. The van der Waals surface area contributed by atoms with Crippen molar-refractivity contribution in [2.45, 2.75) is 5.41 Å². The molecular formula is C71H47N. The summed E-state index contributed by atoms with van der Waals surface area (Å²) in [5.41, 5.74) is 17.5. The molecule has 13 aromatic rings. The lowest BCUT2D eigenvalue weighted by molar-refractivity contribution is 0.785. The summed E-state index contributed by atoms with van der Waals surface area (Å²) in [5, 5.41) is 9.95. The Morgan fingerprint density at radius 1 is 0.222 bits per heavy atom. The van der Waals surface area contributed by atoms with E-state index in [2.05, 4.69) is 290 Å². The van der Waals surface area contributed by atoms with E-state index in [0.717, 1.165) is 22.6 Å². The molecule has 0 N–H and O–H groups in total. The molecule has 0 amide bonds. The van der Waals surface area contributed by atoms with Gasteiger partial charge in [-0.25, -0.2) is 0 Å². The van der Waals surface area contributed by atoms with Crippen molar-refractivity contribution >= 4 is 60.2 Å². The zero-order valence-corrected chi connectivity index (χ0v) is 39.6. The Labute approximate surface area is 420 Å². The molecule has 336 valence electrons. The predicted molar refractivity (Wildman–Crippen MR) is 305 cm³/mol. The van der Waals surface area contributed by atoms with Gasteiger partial charge in [-0.1, -0.05) is 255 Å². The second-order valence-electron chi connectivity index (χ2n) is 19.1. The number of hydrogen-bond donors (Lipinski definition) is 0. The third-order valence-electron chi connectivity index (χ3n) is 15.3. The highest BCUT2D eigenvalue weighted by atomic mass is 15.1. The van der Waals surface area contributed by atoms with Crippen LogP contribution in [0.15, 0.2) is 285 Å². The Morgan fingerprint density at radius 3 is 1.11 bits per heavy atom. The van der Waals surface area contributed by atoms with Gasteiger partial charge in [-0.3, -0.25) is 0 Å². The maximum absolute atomic E-state index is 2.46. The van der Waals surface area contributed by atoms with Crippen molar-refractivity contribution in [3.63, 3.8) is 0 Å². The summed E-state index contributed by atoms with van der Waals surface area (Å²) >= 11 is 0. The summed E-state index contributed by atoms with van der Waals surface area (Å²) < 4.78 is 0. The van der Waals surface area contributed by atoms with Gasteiger partial charge in [0.15, 0.2) is 0 Å². The largest absolute Gasteiger partial charge is 0.310 e. The Bertz CT molecular complexity index is 4000. The third kappa shape index (κ3) is 6.48. The number of anilines is 3. The SMILES string of the molecule is c1ccc(N(c2ccc(-c3cccc4ccccc34)cc2)c2ccc(-c3cccc4ccccc34)cc2)c(-c2cccc3c2-c2ccccc2C3(c2cccc3ccccc23)c2cccc3ccccc23)c1. The van der Waals surface area contributed by atoms with Gasteiger partial charge in [0.1, 0.15) is 0 Å². The minimum atomic E-state index is -0.632. The van der Waals surface area contributed by atoms with Gasteiger partial charge in [-0.2, -0.15) is 0 Å². The van der Waals surface area contributed by atoms with Crippen LogP contribution in [0.3, 0.4) is 0 Å². The van der Waals surface area contributed by atoms with Crippen LogP contribution in [0, 0.1) is 0 Å². The van der Waals surface area contributed by atoms with Crippen LogP contribution in [0.25, 0.3) is 87.6 Å². The lowest BCUT2D eigenvalue weighted by Gasteiger charge is -2.36. The molecule has 0 heterocycles. The highest BCUT2D eigenvalue weighted by Gasteiger charge is 2.48. The molecule has 13 aromatic carbocycles. The monoisotopic (exact) mass is 913 g/mol. The summed E-state index contributed by atoms with van der Waals surface area (Å²) in [6.45, 7) is 0. The number of fused-ring (bicyclic) bond motifs is 7. The molecule has 0 saturated heterocycles. The number of para-hydroxylation sites is 1. The Balaban J connectivity index is 1.00. The fourth-order valence-electron chi connectivity index (χ4n) is 12.2. The minimum Gasteiger partial charge on any atom is -0.310 e. The standard InChI is InChI=1S/C71H47N/c1-5-26-56-48(18-1)22-13-32-58(56)52-40-44-54(45-41-52)72(55-46-42-53(43-47-55)59-33-14-23-49-19-2-6-27-57(49)59)69-39-12-10-30-62(69)63-34-17-38-68-70(63)64-31-9-11-35-67(64)71(68,65-36-15-24-50-20-3-7-28-60(50)65)66-37-16-25-51-21-4-8-29-61(51)66/h1-47H. The van der Waals surface area contributed by atoms with Gasteiger partial charge in [-0.05, 0) is 135 Å². The molecule has 0 bridgehead atoms. The molecule has 72 heavy (non-hydrogen) atoms. The van der Waals surface area contributed by atoms with E-state index in [4.69, 9.17) is 0 Å². The topological polar surface area (TPSA) is 3.24 Å². The van der Waals surface area contributed by atoms with Gasteiger partial charge >= 0.3 is 0 Å². The van der Waals surface area contributed by atoms with E-state index in [-0.39, 0.29) is 0 Å². The average Bonchev–Trinajstić information content (AvgIpc) is 3.76. The molecule has 0 aromatic heterocycles. The lowest BCUT2D eigenvalue weighted by atomic mass is 9.65. The molecule has 0 saturated carbocycles. The van der Waals surface area contributed by atoms with E-state index in [1.165, 1.54) is 104 Å². The van der Waals surface area contributed by atoms with Crippen LogP contribution in [-0.2, 0) is 5.41 Å². The normalized spacial score (nSPS) is 12.6. The van der Waals surface area contributed by atoms with Crippen molar-refractivity contribution in [3.05, 3.63) is 307 Å². The van der Waals surface area contributed by atoms with Crippen LogP contribution < -0.4 is 4.90 Å². The summed E-state index contributed by atoms with van der Waals surface area (Å²) in [4.78, 5) is 2.46. The lowest BCUT2D eigenvalue weighted by Crippen LogP contribution is -2.29. The maximum atomic E-state index is 2.46. The Hall–Kier alpha value is -9.30. The molecular weight excluding hydrogens is 867 g/mol. The summed E-state index contributed by atoms with van der Waals surface area (Å²) in [6, 6.07) is 106. The number of rotatable bonds is 8.